The second-order valence-corrected chi connectivity index (χ2v) is 8.51. The van der Waals surface area contributed by atoms with Crippen molar-refractivity contribution in [3.8, 4) is 39.9 Å². The van der Waals surface area contributed by atoms with Gasteiger partial charge in [0.2, 0.25) is 0 Å². The minimum Gasteiger partial charge on any atom is -0.862 e. The summed E-state index contributed by atoms with van der Waals surface area (Å²) in [6, 6.07) is 4.42. The summed E-state index contributed by atoms with van der Waals surface area (Å²) in [7, 11) is 0. The third-order valence-electron chi connectivity index (χ3n) is 6.15. The SMILES string of the molecule is CC([O-])=NCCc1ccc(O)c(-c2c(O)c(O)c3c(c2O)C(=O)c2c(cc(O)c(C(=O)O)c2C(=O)O)C3=O)c1.[Na+]. The number of phenols is 5. The Balaban J connectivity index is 0.00000441. The van der Waals surface area contributed by atoms with Crippen LogP contribution in [-0.2, 0) is 6.42 Å². The number of hydrogen-bond acceptors (Lipinski definition) is 11. The normalized spacial score (nSPS) is 12.4. The molecule has 7 N–H and O–H groups in total. The van der Waals surface area contributed by atoms with Gasteiger partial charge < -0.3 is 45.8 Å². The van der Waals surface area contributed by atoms with Crippen LogP contribution >= 0.6 is 0 Å². The van der Waals surface area contributed by atoms with E-state index in [1.807, 2.05) is 0 Å². The van der Waals surface area contributed by atoms with Crippen molar-refractivity contribution in [2.75, 3.05) is 6.54 Å². The molecule has 40 heavy (non-hydrogen) atoms. The van der Waals surface area contributed by atoms with Gasteiger partial charge in [-0.1, -0.05) is 6.07 Å². The average molecular weight is 559 g/mol. The van der Waals surface area contributed by atoms with Crippen LogP contribution in [0.5, 0.6) is 28.7 Å². The summed E-state index contributed by atoms with van der Waals surface area (Å²) in [5.74, 6) is -12.1. The minimum absolute atomic E-state index is 0. The van der Waals surface area contributed by atoms with Gasteiger partial charge in [0, 0.05) is 23.2 Å². The van der Waals surface area contributed by atoms with E-state index in [0.717, 1.165) is 0 Å². The molecule has 1 aliphatic carbocycles. The Morgan fingerprint density at radius 1 is 0.750 bits per heavy atom. The fraction of sp³-hybridized carbons (Fsp3) is 0.115. The van der Waals surface area contributed by atoms with Crippen molar-refractivity contribution in [3.05, 3.63) is 63.2 Å². The molecule has 0 heterocycles. The fourth-order valence-electron chi connectivity index (χ4n) is 4.46. The summed E-state index contributed by atoms with van der Waals surface area (Å²) in [5, 5.41) is 83.3. The summed E-state index contributed by atoms with van der Waals surface area (Å²) in [6.45, 7) is 1.31. The molecule has 0 fully saturated rings. The number of aliphatic imine (C=N–C) groups is 1. The molecule has 0 aliphatic heterocycles. The first-order valence-electron chi connectivity index (χ1n) is 11.0. The van der Waals surface area contributed by atoms with E-state index in [0.29, 0.717) is 11.6 Å². The van der Waals surface area contributed by atoms with E-state index in [1.54, 1.807) is 0 Å². The molecule has 3 aromatic rings. The maximum atomic E-state index is 13.5. The Morgan fingerprint density at radius 2 is 1.32 bits per heavy atom. The van der Waals surface area contributed by atoms with E-state index in [-0.39, 0.29) is 48.1 Å². The molecule has 0 atom stereocenters. The van der Waals surface area contributed by atoms with Crippen LogP contribution < -0.4 is 34.7 Å². The number of carbonyl (C=O) groups excluding carboxylic acids is 2. The van der Waals surface area contributed by atoms with Gasteiger partial charge in [0.05, 0.1) is 22.3 Å². The van der Waals surface area contributed by atoms with Gasteiger partial charge in [0.25, 0.3) is 0 Å². The monoisotopic (exact) mass is 559 g/mol. The molecule has 0 saturated heterocycles. The number of aromatic hydroxyl groups is 5. The number of ketones is 2. The van der Waals surface area contributed by atoms with Crippen LogP contribution in [0.1, 0.15) is 65.0 Å². The number of hydrogen-bond donors (Lipinski definition) is 7. The van der Waals surface area contributed by atoms with Crippen molar-refractivity contribution in [1.29, 1.82) is 0 Å². The summed E-state index contributed by atoms with van der Waals surface area (Å²) >= 11 is 0. The van der Waals surface area contributed by atoms with Crippen molar-refractivity contribution in [2.45, 2.75) is 13.3 Å². The third-order valence-corrected chi connectivity index (χ3v) is 6.15. The second kappa shape index (κ2) is 10.9. The number of aromatic carboxylic acids is 2. The van der Waals surface area contributed by atoms with E-state index in [2.05, 4.69) is 4.99 Å². The van der Waals surface area contributed by atoms with Gasteiger partial charge in [-0.25, -0.2) is 9.59 Å². The van der Waals surface area contributed by atoms with Crippen LogP contribution in [-0.4, -0.2) is 71.7 Å². The predicted octanol–water partition coefficient (Wildman–Crippen LogP) is -1.62. The van der Waals surface area contributed by atoms with Gasteiger partial charge in [-0.05, 0) is 43.0 Å². The zero-order valence-corrected chi connectivity index (χ0v) is 22.8. The number of carbonyl (C=O) groups is 4. The number of carboxylic acids is 2. The number of carboxylic acid groups (broad SMARTS) is 2. The molecule has 200 valence electrons. The molecular formula is C26H18NNaO12. The first-order valence-corrected chi connectivity index (χ1v) is 11.0. The molecule has 0 spiro atoms. The van der Waals surface area contributed by atoms with Gasteiger partial charge in [-0.3, -0.25) is 9.59 Å². The van der Waals surface area contributed by atoms with Gasteiger partial charge in [-0.15, -0.1) is 0 Å². The average Bonchev–Trinajstić information content (AvgIpc) is 2.85. The van der Waals surface area contributed by atoms with Crippen molar-refractivity contribution in [3.63, 3.8) is 0 Å². The smallest absolute Gasteiger partial charge is 0.862 e. The van der Waals surface area contributed by atoms with Crippen LogP contribution in [0.25, 0.3) is 11.1 Å². The molecule has 4 rings (SSSR count). The molecule has 0 aromatic heterocycles. The number of benzene rings is 3. The standard InChI is InChI=1S/C26H19NO12.Na/c1-8(28)27-5-4-9-2-3-12(29)10(6-9)15-22(33)19-18(24(35)23(15)34)20(31)11-7-13(30)16(25(36)37)17(26(38)39)14(11)21(19)32;/h2-3,6-7,29-30,33-35H,4-5H2,1H3,(H,27,28)(H,36,37)(H,38,39);/q;+1/p-1. The first kappa shape index (κ1) is 30.0. The van der Waals surface area contributed by atoms with Gasteiger partial charge in [0.1, 0.15) is 22.8 Å². The van der Waals surface area contributed by atoms with Crippen molar-refractivity contribution >= 4 is 29.4 Å². The third kappa shape index (κ3) is 4.70. The molecule has 1 aliphatic rings. The summed E-state index contributed by atoms with van der Waals surface area (Å²) < 4.78 is 0. The summed E-state index contributed by atoms with van der Waals surface area (Å²) in [6.07, 6.45) is 0.180. The van der Waals surface area contributed by atoms with Gasteiger partial charge in [0.15, 0.2) is 23.1 Å². The maximum Gasteiger partial charge on any atom is 1.00 e. The van der Waals surface area contributed by atoms with E-state index < -0.39 is 97.1 Å². The molecule has 0 unspecified atom stereocenters. The van der Waals surface area contributed by atoms with Crippen molar-refractivity contribution < 1.29 is 89.6 Å². The quantitative estimate of drug-likeness (QED) is 0.0463. The van der Waals surface area contributed by atoms with E-state index in [4.69, 9.17) is 0 Å². The first-order chi connectivity index (χ1) is 18.3. The van der Waals surface area contributed by atoms with Crippen LogP contribution in [0.15, 0.2) is 29.3 Å². The maximum absolute atomic E-state index is 13.5. The number of fused-ring (bicyclic) bond motifs is 2. The van der Waals surface area contributed by atoms with E-state index in [9.17, 15) is 60.0 Å². The van der Waals surface area contributed by atoms with E-state index >= 15 is 0 Å². The Hall–Kier alpha value is -4.59. The molecule has 0 saturated carbocycles. The zero-order valence-electron chi connectivity index (χ0n) is 20.8. The summed E-state index contributed by atoms with van der Waals surface area (Å²) in [5.41, 5.74) is -6.59. The predicted molar refractivity (Wildman–Crippen MR) is 129 cm³/mol. The van der Waals surface area contributed by atoms with Crippen molar-refractivity contribution in [1.82, 2.24) is 0 Å². The van der Waals surface area contributed by atoms with Crippen LogP contribution in [0.3, 0.4) is 0 Å². The zero-order chi connectivity index (χ0) is 28.9. The fourth-order valence-corrected chi connectivity index (χ4v) is 4.46. The largest absolute Gasteiger partial charge is 1.00 e. The number of rotatable bonds is 6. The Kier molecular flexibility index (Phi) is 8.15. The Labute approximate surface area is 246 Å². The van der Waals surface area contributed by atoms with Crippen LogP contribution in [0, 0.1) is 0 Å². The topological polar surface area (TPSA) is 245 Å². The summed E-state index contributed by atoms with van der Waals surface area (Å²) in [4.78, 5) is 54.1. The molecule has 0 radical (unpaired) electrons. The number of nitrogens with zero attached hydrogens (tertiary/aromatic N) is 1. The molecular weight excluding hydrogens is 541 g/mol. The molecule has 3 aromatic carbocycles. The van der Waals surface area contributed by atoms with Crippen LogP contribution in [0.4, 0.5) is 0 Å². The molecule has 0 bridgehead atoms. The van der Waals surface area contributed by atoms with Crippen molar-refractivity contribution in [2.24, 2.45) is 4.99 Å². The van der Waals surface area contributed by atoms with Crippen LogP contribution in [0.2, 0.25) is 0 Å². The minimum atomic E-state index is -1.98. The Bertz CT molecular complexity index is 1670. The van der Waals surface area contributed by atoms with Gasteiger partial charge >= 0.3 is 41.5 Å². The number of phenolic OH excluding ortho intramolecular Hbond substituents is 4. The molecule has 13 nitrogen and oxygen atoms in total. The Morgan fingerprint density at radius 3 is 1.90 bits per heavy atom. The molecule has 0 amide bonds. The van der Waals surface area contributed by atoms with E-state index in [1.165, 1.54) is 25.1 Å². The van der Waals surface area contributed by atoms with Gasteiger partial charge in [-0.2, -0.15) is 0 Å². The molecule has 14 heteroatoms. The second-order valence-electron chi connectivity index (χ2n) is 8.51.